The molecule has 4 nitrogen and oxygen atoms in total. The SMILES string of the molecule is Cc1cc(NCCCN(C)C(C)C)c(C#N)c(C)n1. The molecule has 0 spiro atoms. The standard InChI is InChI=1S/C15H24N4/c1-11(2)19(5)8-6-7-17-15-9-12(3)18-13(4)14(15)10-16/h9,11H,6-8H2,1-5H3,(H,17,18). The van der Waals surface area contributed by atoms with Gasteiger partial charge in [-0.05, 0) is 53.8 Å². The van der Waals surface area contributed by atoms with Crippen LogP contribution in [0.4, 0.5) is 5.69 Å². The summed E-state index contributed by atoms with van der Waals surface area (Å²) in [6, 6.07) is 4.74. The maximum absolute atomic E-state index is 9.17. The summed E-state index contributed by atoms with van der Waals surface area (Å²) in [5.74, 6) is 0. The van der Waals surface area contributed by atoms with Crippen LogP contribution in [0.1, 0.15) is 37.2 Å². The summed E-state index contributed by atoms with van der Waals surface area (Å²) in [5.41, 5.74) is 3.30. The van der Waals surface area contributed by atoms with Gasteiger partial charge in [-0.2, -0.15) is 5.26 Å². The molecule has 0 radical (unpaired) electrons. The molecule has 0 aliphatic heterocycles. The first-order chi connectivity index (χ1) is 8.95. The summed E-state index contributed by atoms with van der Waals surface area (Å²) in [5, 5.41) is 12.5. The van der Waals surface area contributed by atoms with Gasteiger partial charge in [-0.15, -0.1) is 0 Å². The van der Waals surface area contributed by atoms with Crippen LogP contribution in [-0.4, -0.2) is 36.1 Å². The molecule has 1 aromatic rings. The Morgan fingerprint density at radius 3 is 2.68 bits per heavy atom. The maximum Gasteiger partial charge on any atom is 0.103 e. The van der Waals surface area contributed by atoms with Gasteiger partial charge >= 0.3 is 0 Å². The summed E-state index contributed by atoms with van der Waals surface area (Å²) in [7, 11) is 2.13. The minimum Gasteiger partial charge on any atom is -0.384 e. The number of nitrogens with one attached hydrogen (secondary N) is 1. The van der Waals surface area contributed by atoms with E-state index >= 15 is 0 Å². The molecule has 1 heterocycles. The lowest BCUT2D eigenvalue weighted by Gasteiger charge is -2.21. The van der Waals surface area contributed by atoms with Crippen molar-refractivity contribution in [3.8, 4) is 6.07 Å². The van der Waals surface area contributed by atoms with E-state index in [4.69, 9.17) is 5.26 Å². The van der Waals surface area contributed by atoms with E-state index in [1.807, 2.05) is 19.9 Å². The average molecular weight is 260 g/mol. The zero-order valence-electron chi connectivity index (χ0n) is 12.6. The first kappa shape index (κ1) is 15.5. The van der Waals surface area contributed by atoms with Gasteiger partial charge in [0.2, 0.25) is 0 Å². The van der Waals surface area contributed by atoms with Crippen molar-refractivity contribution in [1.29, 1.82) is 5.26 Å². The second kappa shape index (κ2) is 7.10. The first-order valence-corrected chi connectivity index (χ1v) is 6.78. The van der Waals surface area contributed by atoms with Crippen LogP contribution >= 0.6 is 0 Å². The lowest BCUT2D eigenvalue weighted by atomic mass is 10.1. The van der Waals surface area contributed by atoms with Gasteiger partial charge in [-0.1, -0.05) is 0 Å². The summed E-state index contributed by atoms with van der Waals surface area (Å²) >= 11 is 0. The molecule has 0 saturated carbocycles. The van der Waals surface area contributed by atoms with Crippen LogP contribution in [0.25, 0.3) is 0 Å². The molecular weight excluding hydrogens is 236 g/mol. The Morgan fingerprint density at radius 1 is 1.42 bits per heavy atom. The highest BCUT2D eigenvalue weighted by Gasteiger charge is 2.08. The van der Waals surface area contributed by atoms with Crippen molar-refractivity contribution >= 4 is 5.69 Å². The van der Waals surface area contributed by atoms with E-state index in [-0.39, 0.29) is 0 Å². The Hall–Kier alpha value is -1.60. The van der Waals surface area contributed by atoms with E-state index < -0.39 is 0 Å². The van der Waals surface area contributed by atoms with E-state index in [1.165, 1.54) is 0 Å². The van der Waals surface area contributed by atoms with Gasteiger partial charge in [0, 0.05) is 18.3 Å². The predicted molar refractivity (Wildman–Crippen MR) is 79.3 cm³/mol. The Bertz CT molecular complexity index is 460. The van der Waals surface area contributed by atoms with Crippen LogP contribution in [0.3, 0.4) is 0 Å². The van der Waals surface area contributed by atoms with Crippen LogP contribution in [0.15, 0.2) is 6.07 Å². The Kier molecular flexibility index (Phi) is 5.78. The topological polar surface area (TPSA) is 52.0 Å². The number of rotatable bonds is 6. The molecule has 1 aromatic heterocycles. The largest absolute Gasteiger partial charge is 0.384 e. The number of hydrogen-bond donors (Lipinski definition) is 1. The van der Waals surface area contributed by atoms with Gasteiger partial charge in [-0.3, -0.25) is 4.98 Å². The third-order valence-electron chi connectivity index (χ3n) is 3.32. The van der Waals surface area contributed by atoms with E-state index in [2.05, 4.69) is 42.2 Å². The highest BCUT2D eigenvalue weighted by atomic mass is 15.1. The molecule has 0 amide bonds. The van der Waals surface area contributed by atoms with Crippen LogP contribution in [0.5, 0.6) is 0 Å². The van der Waals surface area contributed by atoms with Gasteiger partial charge in [0.15, 0.2) is 0 Å². The Labute approximate surface area is 116 Å². The zero-order chi connectivity index (χ0) is 14.4. The van der Waals surface area contributed by atoms with Crippen LogP contribution in [0.2, 0.25) is 0 Å². The highest BCUT2D eigenvalue weighted by molar-refractivity contribution is 5.59. The molecular formula is C15H24N4. The summed E-state index contributed by atoms with van der Waals surface area (Å²) in [6.07, 6.45) is 1.06. The molecule has 19 heavy (non-hydrogen) atoms. The van der Waals surface area contributed by atoms with E-state index in [1.54, 1.807) is 0 Å². The van der Waals surface area contributed by atoms with E-state index in [0.717, 1.165) is 36.6 Å². The fourth-order valence-electron chi connectivity index (χ4n) is 1.92. The minimum atomic E-state index is 0.570. The maximum atomic E-state index is 9.17. The molecule has 0 saturated heterocycles. The molecule has 4 heteroatoms. The number of aromatic nitrogens is 1. The monoisotopic (exact) mass is 260 g/mol. The number of nitrogens with zero attached hydrogens (tertiary/aromatic N) is 3. The number of aryl methyl sites for hydroxylation is 2. The van der Waals surface area contributed by atoms with E-state index in [9.17, 15) is 0 Å². The van der Waals surface area contributed by atoms with Crippen LogP contribution in [-0.2, 0) is 0 Å². The number of anilines is 1. The van der Waals surface area contributed by atoms with Gasteiger partial charge in [-0.25, -0.2) is 0 Å². The average Bonchev–Trinajstić information content (AvgIpc) is 2.33. The molecule has 0 aliphatic rings. The van der Waals surface area contributed by atoms with Gasteiger partial charge in [0.1, 0.15) is 6.07 Å². The van der Waals surface area contributed by atoms with Crippen LogP contribution < -0.4 is 5.32 Å². The fourth-order valence-corrected chi connectivity index (χ4v) is 1.92. The summed E-state index contributed by atoms with van der Waals surface area (Å²) in [4.78, 5) is 6.63. The molecule has 1 N–H and O–H groups in total. The first-order valence-electron chi connectivity index (χ1n) is 6.78. The predicted octanol–water partition coefficient (Wildman–Crippen LogP) is 2.71. The third kappa shape index (κ3) is 4.53. The molecule has 0 aliphatic carbocycles. The second-order valence-electron chi connectivity index (χ2n) is 5.24. The quantitative estimate of drug-likeness (QED) is 0.799. The molecule has 0 unspecified atom stereocenters. The molecule has 104 valence electrons. The molecule has 1 rings (SSSR count). The van der Waals surface area contributed by atoms with Crippen molar-refractivity contribution in [2.24, 2.45) is 0 Å². The van der Waals surface area contributed by atoms with Gasteiger partial charge in [0.25, 0.3) is 0 Å². The number of hydrogen-bond acceptors (Lipinski definition) is 4. The number of nitriles is 1. The van der Waals surface area contributed by atoms with Gasteiger partial charge < -0.3 is 10.2 Å². The van der Waals surface area contributed by atoms with Crippen LogP contribution in [0, 0.1) is 25.2 Å². The highest BCUT2D eigenvalue weighted by Crippen LogP contribution is 2.18. The normalized spacial score (nSPS) is 10.8. The van der Waals surface area contributed by atoms with Crippen molar-refractivity contribution in [3.63, 3.8) is 0 Å². The minimum absolute atomic E-state index is 0.570. The van der Waals surface area contributed by atoms with Crippen molar-refractivity contribution in [2.45, 2.75) is 40.2 Å². The molecule has 0 bridgehead atoms. The second-order valence-corrected chi connectivity index (χ2v) is 5.24. The Morgan fingerprint density at radius 2 is 2.11 bits per heavy atom. The lowest BCUT2D eigenvalue weighted by molar-refractivity contribution is 0.273. The lowest BCUT2D eigenvalue weighted by Crippen LogP contribution is -2.28. The smallest absolute Gasteiger partial charge is 0.103 e. The fraction of sp³-hybridized carbons (Fsp3) is 0.600. The van der Waals surface area contributed by atoms with Crippen molar-refractivity contribution in [3.05, 3.63) is 23.0 Å². The summed E-state index contributed by atoms with van der Waals surface area (Å²) in [6.45, 7) is 10.1. The molecule has 0 atom stereocenters. The number of pyridine rings is 1. The Balaban J connectivity index is 2.57. The molecule has 0 aromatic carbocycles. The molecule has 0 fully saturated rings. The van der Waals surface area contributed by atoms with Crippen molar-refractivity contribution in [2.75, 3.05) is 25.5 Å². The zero-order valence-corrected chi connectivity index (χ0v) is 12.6. The van der Waals surface area contributed by atoms with E-state index in [0.29, 0.717) is 11.6 Å². The summed E-state index contributed by atoms with van der Waals surface area (Å²) < 4.78 is 0. The van der Waals surface area contributed by atoms with Gasteiger partial charge in [0.05, 0.1) is 16.9 Å². The van der Waals surface area contributed by atoms with Crippen molar-refractivity contribution < 1.29 is 0 Å². The van der Waals surface area contributed by atoms with Crippen molar-refractivity contribution in [1.82, 2.24) is 9.88 Å². The third-order valence-corrected chi connectivity index (χ3v) is 3.32.